The highest BCUT2D eigenvalue weighted by molar-refractivity contribution is 7.90. The number of sulfonamides is 1. The van der Waals surface area contributed by atoms with E-state index in [1.54, 1.807) is 36.4 Å². The Kier molecular flexibility index (Phi) is 6.99. The van der Waals surface area contributed by atoms with E-state index in [0.717, 1.165) is 5.56 Å². The largest absolute Gasteiger partial charge is 0.494 e. The van der Waals surface area contributed by atoms with Gasteiger partial charge in [-0.05, 0) is 61.9 Å². The molecule has 0 fully saturated rings. The van der Waals surface area contributed by atoms with Crippen LogP contribution in [-0.2, 0) is 21.2 Å². The first kappa shape index (κ1) is 19.7. The van der Waals surface area contributed by atoms with Crippen LogP contribution in [-0.4, -0.2) is 34.1 Å². The molecule has 7 nitrogen and oxygen atoms in total. The van der Waals surface area contributed by atoms with Crippen LogP contribution in [0.2, 0.25) is 0 Å². The summed E-state index contributed by atoms with van der Waals surface area (Å²) in [6, 6.07) is 12.9. The molecular formula is C18H22N2O5S. The Morgan fingerprint density at radius 1 is 1.00 bits per heavy atom. The Labute approximate surface area is 153 Å². The fourth-order valence-electron chi connectivity index (χ4n) is 2.19. The number of ether oxygens (including phenoxy) is 2. The van der Waals surface area contributed by atoms with Gasteiger partial charge in [-0.15, -0.1) is 0 Å². The molecule has 0 aliphatic carbocycles. The van der Waals surface area contributed by atoms with Gasteiger partial charge in [0, 0.05) is 0 Å². The Bertz CT molecular complexity index is 818. The lowest BCUT2D eigenvalue weighted by Gasteiger charge is -2.09. The van der Waals surface area contributed by atoms with Crippen molar-refractivity contribution in [2.75, 3.05) is 19.8 Å². The molecule has 1 amide bonds. The maximum Gasteiger partial charge on any atom is 0.271 e. The number of rotatable bonds is 9. The maximum absolute atomic E-state index is 12.2. The van der Waals surface area contributed by atoms with Gasteiger partial charge >= 0.3 is 0 Å². The van der Waals surface area contributed by atoms with E-state index in [1.807, 2.05) is 11.6 Å². The third-order valence-corrected chi connectivity index (χ3v) is 4.81. The van der Waals surface area contributed by atoms with Gasteiger partial charge < -0.3 is 15.2 Å². The monoisotopic (exact) mass is 378 g/mol. The number of benzene rings is 2. The van der Waals surface area contributed by atoms with E-state index in [2.05, 4.69) is 0 Å². The van der Waals surface area contributed by atoms with E-state index in [9.17, 15) is 13.2 Å². The number of carbonyl (C=O) groups excluding carboxylic acids is 1. The van der Waals surface area contributed by atoms with Crippen molar-refractivity contribution in [2.45, 2.75) is 18.2 Å². The number of nitrogens with one attached hydrogen (secondary N) is 1. The van der Waals surface area contributed by atoms with Gasteiger partial charge in [-0.25, -0.2) is 13.1 Å². The van der Waals surface area contributed by atoms with Crippen LogP contribution in [0.3, 0.4) is 0 Å². The summed E-state index contributed by atoms with van der Waals surface area (Å²) in [7, 11) is -3.94. The van der Waals surface area contributed by atoms with Crippen LogP contribution in [0.25, 0.3) is 0 Å². The van der Waals surface area contributed by atoms with E-state index in [0.29, 0.717) is 31.1 Å². The molecule has 8 heteroatoms. The molecule has 3 N–H and O–H groups in total. The Morgan fingerprint density at radius 2 is 1.58 bits per heavy atom. The topological polar surface area (TPSA) is 108 Å². The zero-order chi connectivity index (χ0) is 19.0. The normalized spacial score (nSPS) is 11.0. The van der Waals surface area contributed by atoms with Crippen molar-refractivity contribution in [3.8, 4) is 11.5 Å². The zero-order valence-electron chi connectivity index (χ0n) is 14.5. The molecule has 0 atom stereocenters. The van der Waals surface area contributed by atoms with E-state index >= 15 is 0 Å². The highest BCUT2D eigenvalue weighted by atomic mass is 32.2. The third kappa shape index (κ3) is 5.75. The van der Waals surface area contributed by atoms with Crippen molar-refractivity contribution in [1.82, 2.24) is 4.72 Å². The quantitative estimate of drug-likeness (QED) is 0.684. The summed E-state index contributed by atoms with van der Waals surface area (Å²) in [5.41, 5.74) is 6.39. The number of nitrogens with two attached hydrogens (primary N) is 1. The highest BCUT2D eigenvalue weighted by Crippen LogP contribution is 2.17. The van der Waals surface area contributed by atoms with Gasteiger partial charge in [-0.1, -0.05) is 12.1 Å². The molecular weight excluding hydrogens is 356 g/mol. The number of hydrogen-bond donors (Lipinski definition) is 2. The van der Waals surface area contributed by atoms with Gasteiger partial charge in [-0.3, -0.25) is 4.79 Å². The smallest absolute Gasteiger partial charge is 0.271 e. The van der Waals surface area contributed by atoms with Crippen molar-refractivity contribution < 1.29 is 22.7 Å². The lowest BCUT2D eigenvalue weighted by molar-refractivity contribution is -0.121. The molecule has 0 saturated carbocycles. The molecule has 0 aliphatic rings. The van der Waals surface area contributed by atoms with Gasteiger partial charge in [0.2, 0.25) is 0 Å². The number of amides is 1. The highest BCUT2D eigenvalue weighted by Gasteiger charge is 2.17. The lowest BCUT2D eigenvalue weighted by atomic mass is 10.2. The van der Waals surface area contributed by atoms with Gasteiger partial charge in [0.25, 0.3) is 15.9 Å². The Hall–Kier alpha value is -2.58. The Morgan fingerprint density at radius 3 is 2.12 bits per heavy atom. The van der Waals surface area contributed by atoms with Crippen molar-refractivity contribution in [2.24, 2.45) is 5.73 Å². The van der Waals surface area contributed by atoms with Gasteiger partial charge in [0.05, 0.1) is 11.5 Å². The van der Waals surface area contributed by atoms with Crippen LogP contribution in [0.1, 0.15) is 12.5 Å². The minimum atomic E-state index is -3.94. The zero-order valence-corrected chi connectivity index (χ0v) is 15.3. The second kappa shape index (κ2) is 9.21. The van der Waals surface area contributed by atoms with Crippen molar-refractivity contribution in [3.63, 3.8) is 0 Å². The van der Waals surface area contributed by atoms with Crippen LogP contribution < -0.4 is 19.9 Å². The first-order chi connectivity index (χ1) is 12.4. The second-order valence-corrected chi connectivity index (χ2v) is 7.09. The number of carbonyl (C=O) groups is 1. The van der Waals surface area contributed by atoms with Crippen LogP contribution >= 0.6 is 0 Å². The van der Waals surface area contributed by atoms with E-state index in [4.69, 9.17) is 15.2 Å². The van der Waals surface area contributed by atoms with Crippen LogP contribution in [0.4, 0.5) is 0 Å². The fourth-order valence-corrected chi connectivity index (χ4v) is 3.16. The van der Waals surface area contributed by atoms with Gasteiger partial charge in [-0.2, -0.15) is 0 Å². The Balaban J connectivity index is 1.91. The average molecular weight is 378 g/mol. The van der Waals surface area contributed by atoms with E-state index in [1.165, 1.54) is 12.1 Å². The van der Waals surface area contributed by atoms with Crippen molar-refractivity contribution in [1.29, 1.82) is 0 Å². The molecule has 0 unspecified atom stereocenters. The van der Waals surface area contributed by atoms with Crippen LogP contribution in [0, 0.1) is 0 Å². The molecule has 0 bridgehead atoms. The second-order valence-electron chi connectivity index (χ2n) is 5.40. The summed E-state index contributed by atoms with van der Waals surface area (Å²) < 4.78 is 37.0. The maximum atomic E-state index is 12.2. The molecule has 2 aromatic carbocycles. The predicted molar refractivity (Wildman–Crippen MR) is 97.6 cm³/mol. The summed E-state index contributed by atoms with van der Waals surface area (Å²) in [6.07, 6.45) is 0.655. The fraction of sp³-hybridized carbons (Fsp3) is 0.278. The third-order valence-electron chi connectivity index (χ3n) is 3.42. The molecule has 2 rings (SSSR count). The summed E-state index contributed by atoms with van der Waals surface area (Å²) in [4.78, 5) is 11.9. The van der Waals surface area contributed by atoms with Crippen LogP contribution in [0.15, 0.2) is 53.4 Å². The molecule has 0 radical (unpaired) electrons. The standard InChI is InChI=1S/C18H22N2O5S/c1-2-24-15-5-7-16(8-6-15)25-13-18(21)20-26(22,23)17-9-3-14(4-10-17)11-12-19/h3-10H,2,11-13,19H2,1H3,(H,20,21). The first-order valence-electron chi connectivity index (χ1n) is 8.15. The SMILES string of the molecule is CCOc1ccc(OCC(=O)NS(=O)(=O)c2ccc(CCN)cc2)cc1. The molecule has 26 heavy (non-hydrogen) atoms. The minimum Gasteiger partial charge on any atom is -0.494 e. The van der Waals surface area contributed by atoms with E-state index in [-0.39, 0.29) is 4.90 Å². The molecule has 0 saturated heterocycles. The summed E-state index contributed by atoms with van der Waals surface area (Å²) >= 11 is 0. The van der Waals surface area contributed by atoms with E-state index < -0.39 is 22.5 Å². The molecule has 140 valence electrons. The molecule has 0 aromatic heterocycles. The van der Waals surface area contributed by atoms with Crippen LogP contribution in [0.5, 0.6) is 11.5 Å². The predicted octanol–water partition coefficient (Wildman–Crippen LogP) is 1.47. The summed E-state index contributed by atoms with van der Waals surface area (Å²) in [5, 5.41) is 0. The summed E-state index contributed by atoms with van der Waals surface area (Å²) in [5.74, 6) is 0.363. The van der Waals surface area contributed by atoms with Gasteiger partial charge in [0.15, 0.2) is 6.61 Å². The van der Waals surface area contributed by atoms with Crippen molar-refractivity contribution >= 4 is 15.9 Å². The molecule has 0 spiro atoms. The van der Waals surface area contributed by atoms with Crippen molar-refractivity contribution in [3.05, 3.63) is 54.1 Å². The summed E-state index contributed by atoms with van der Waals surface area (Å²) in [6.45, 7) is 2.48. The molecule has 0 aliphatic heterocycles. The minimum absolute atomic E-state index is 0.00712. The molecule has 0 heterocycles. The first-order valence-corrected chi connectivity index (χ1v) is 9.63. The molecule has 2 aromatic rings. The average Bonchev–Trinajstić information content (AvgIpc) is 2.62. The lowest BCUT2D eigenvalue weighted by Crippen LogP contribution is -2.34. The van der Waals surface area contributed by atoms with Gasteiger partial charge in [0.1, 0.15) is 11.5 Å². The number of hydrogen-bond acceptors (Lipinski definition) is 6.